The van der Waals surface area contributed by atoms with Crippen molar-refractivity contribution >= 4 is 103 Å². The third kappa shape index (κ3) is 9.62. The fourth-order valence-electron chi connectivity index (χ4n) is 5.04. The molecule has 4 aromatic carbocycles. The molecule has 4 aromatic rings. The molecular formula is C34H27Br5N4O8. The molecule has 17 heteroatoms. The van der Waals surface area contributed by atoms with Crippen LogP contribution >= 0.6 is 79.6 Å². The largest absolute Gasteiger partial charge is 0.504 e. The molecule has 4 heterocycles. The highest BCUT2D eigenvalue weighted by atomic mass is 79.9. The lowest BCUT2D eigenvalue weighted by molar-refractivity contribution is -0.115. The maximum absolute atomic E-state index is 13.0. The van der Waals surface area contributed by atoms with Crippen LogP contribution in [0.5, 0.6) is 34.5 Å². The summed E-state index contributed by atoms with van der Waals surface area (Å²) in [5, 5.41) is 52.7. The predicted molar refractivity (Wildman–Crippen MR) is 207 cm³/mol. The van der Waals surface area contributed by atoms with Gasteiger partial charge in [0.15, 0.2) is 34.5 Å². The minimum atomic E-state index is -0.591. The van der Waals surface area contributed by atoms with E-state index >= 15 is 0 Å². The standard InChI is InChI=1S/C34H27Br5N4O8/c35-20-9-19-13-26(43-49)34(47)41-6-4-17-7-21(36)31(22(37)8-17)50-28-14-16(1-2-27(28)44)3-5-40-33(46)25(42-48)12-18-10-23(38)32(24(39)11-18)51-29(15-19)30(20)45/h1-2,7-11,14-15,44-45,48-49H,3-6,12-13H2,(H,40,46)(H,41,47)/b42-25-,43-26-. The van der Waals surface area contributed by atoms with E-state index in [1.54, 1.807) is 30.3 Å². The van der Waals surface area contributed by atoms with Crippen molar-refractivity contribution in [1.29, 1.82) is 0 Å². The summed E-state index contributed by atoms with van der Waals surface area (Å²) in [7, 11) is 0. The number of hydrogen-bond acceptors (Lipinski definition) is 10. The van der Waals surface area contributed by atoms with E-state index in [1.807, 2.05) is 12.1 Å². The summed E-state index contributed by atoms with van der Waals surface area (Å²) >= 11 is 17.3. The molecule has 0 radical (unpaired) electrons. The second kappa shape index (κ2) is 17.3. The number of halogens is 5. The number of nitrogens with zero attached hydrogens (tertiary/aromatic N) is 2. The lowest BCUT2D eigenvalue weighted by Gasteiger charge is -2.16. The molecule has 2 amide bonds. The number of phenols is 2. The molecule has 4 aliphatic rings. The number of aromatic hydroxyl groups is 2. The predicted octanol–water partition coefficient (Wildman–Crippen LogP) is 8.27. The third-order valence-electron chi connectivity index (χ3n) is 7.56. The Morgan fingerprint density at radius 3 is 1.53 bits per heavy atom. The number of nitrogens with one attached hydrogen (secondary N) is 2. The van der Waals surface area contributed by atoms with Gasteiger partial charge in [0.1, 0.15) is 11.4 Å². The SMILES string of the molecule is O=C1NCCc2ccc(O)c(c2)Oc2c(Br)cc(cc2Br)CCNC(=O)/C(=N\O)Cc2cc(Br)c(O)c(c2)Oc2c(Br)cc(cc2Br)C/C1=N/O. The number of ether oxygens (including phenoxy) is 2. The molecule has 12 nitrogen and oxygen atoms in total. The van der Waals surface area contributed by atoms with Crippen LogP contribution in [0.25, 0.3) is 0 Å². The fourth-order valence-corrected chi connectivity index (χ4v) is 8.42. The van der Waals surface area contributed by atoms with Gasteiger partial charge >= 0.3 is 0 Å². The maximum atomic E-state index is 13.0. The van der Waals surface area contributed by atoms with Crippen LogP contribution in [0.3, 0.4) is 0 Å². The second-order valence-corrected chi connectivity index (χ2v) is 15.4. The quantitative estimate of drug-likeness (QED) is 0.0752. The molecule has 8 bridgehead atoms. The van der Waals surface area contributed by atoms with Gasteiger partial charge in [-0.1, -0.05) is 16.4 Å². The fraction of sp³-hybridized carbons (Fsp3) is 0.176. The lowest BCUT2D eigenvalue weighted by Crippen LogP contribution is -2.33. The summed E-state index contributed by atoms with van der Waals surface area (Å²) in [6, 6.07) is 14.9. The Morgan fingerprint density at radius 1 is 0.569 bits per heavy atom. The van der Waals surface area contributed by atoms with E-state index < -0.39 is 11.8 Å². The molecule has 4 aliphatic heterocycles. The number of carbonyl (C=O) groups is 2. The van der Waals surface area contributed by atoms with E-state index in [1.165, 1.54) is 12.1 Å². The van der Waals surface area contributed by atoms with Crippen LogP contribution in [-0.2, 0) is 35.3 Å². The van der Waals surface area contributed by atoms with Gasteiger partial charge in [-0.15, -0.1) is 0 Å². The van der Waals surface area contributed by atoms with Crippen molar-refractivity contribution in [2.75, 3.05) is 13.1 Å². The monoisotopic (exact) mass is 1010 g/mol. The number of benzene rings is 4. The van der Waals surface area contributed by atoms with Crippen molar-refractivity contribution in [3.05, 3.63) is 99.2 Å². The lowest BCUT2D eigenvalue weighted by atomic mass is 10.1. The molecule has 6 N–H and O–H groups in total. The van der Waals surface area contributed by atoms with E-state index in [2.05, 4.69) is 101 Å². The van der Waals surface area contributed by atoms with E-state index in [0.717, 1.165) is 11.1 Å². The van der Waals surface area contributed by atoms with E-state index in [9.17, 15) is 30.2 Å². The highest BCUT2D eigenvalue weighted by Crippen LogP contribution is 2.44. The van der Waals surface area contributed by atoms with Crippen LogP contribution in [0.2, 0.25) is 0 Å². The topological polar surface area (TPSA) is 182 Å². The Balaban J connectivity index is 1.48. The number of amides is 2. The first kappa shape index (κ1) is 38.6. The van der Waals surface area contributed by atoms with Gasteiger partial charge in [0.05, 0.1) is 22.4 Å². The number of phenolic OH excluding ortho intramolecular Hbond substituents is 2. The van der Waals surface area contributed by atoms with Crippen molar-refractivity contribution in [1.82, 2.24) is 10.6 Å². The Bertz CT molecular complexity index is 2030. The molecule has 8 rings (SSSR count). The van der Waals surface area contributed by atoms with Crippen LogP contribution in [0.1, 0.15) is 22.3 Å². The van der Waals surface area contributed by atoms with Crippen molar-refractivity contribution in [2.24, 2.45) is 10.3 Å². The normalized spacial score (nSPS) is 16.2. The molecule has 0 saturated heterocycles. The van der Waals surface area contributed by atoms with Gasteiger partial charge in [-0.2, -0.15) is 0 Å². The summed E-state index contributed by atoms with van der Waals surface area (Å²) in [4.78, 5) is 26.0. The minimum absolute atomic E-state index is 0.0306. The smallest absolute Gasteiger partial charge is 0.269 e. The van der Waals surface area contributed by atoms with Gasteiger partial charge in [-0.25, -0.2) is 0 Å². The highest BCUT2D eigenvalue weighted by molar-refractivity contribution is 9.11. The number of oxime groups is 2. The molecule has 0 aliphatic carbocycles. The van der Waals surface area contributed by atoms with Crippen molar-refractivity contribution < 1.29 is 39.7 Å². The van der Waals surface area contributed by atoms with E-state index in [0.29, 0.717) is 47.6 Å². The highest BCUT2D eigenvalue weighted by Gasteiger charge is 2.21. The first-order chi connectivity index (χ1) is 24.4. The second-order valence-electron chi connectivity index (χ2n) is 11.2. The number of rotatable bonds is 0. The van der Waals surface area contributed by atoms with Crippen molar-refractivity contribution in [3.8, 4) is 34.5 Å². The zero-order chi connectivity index (χ0) is 36.8. The molecule has 0 aromatic heterocycles. The van der Waals surface area contributed by atoms with Gasteiger partial charge in [-0.3, -0.25) is 9.59 Å². The van der Waals surface area contributed by atoms with E-state index in [-0.39, 0.29) is 70.6 Å². The van der Waals surface area contributed by atoms with Gasteiger partial charge in [-0.05, 0) is 163 Å². The van der Waals surface area contributed by atoms with Crippen LogP contribution in [0.4, 0.5) is 0 Å². The first-order valence-electron chi connectivity index (χ1n) is 15.0. The molecule has 51 heavy (non-hydrogen) atoms. The average molecular weight is 1020 g/mol. The van der Waals surface area contributed by atoms with Gasteiger partial charge < -0.3 is 40.7 Å². The Labute approximate surface area is 333 Å². The van der Waals surface area contributed by atoms with Crippen molar-refractivity contribution in [3.63, 3.8) is 0 Å². The summed E-state index contributed by atoms with van der Waals surface area (Å²) in [6.07, 6.45) is 0.672. The van der Waals surface area contributed by atoms with Crippen LogP contribution < -0.4 is 20.1 Å². The third-order valence-corrected chi connectivity index (χ3v) is 10.5. The van der Waals surface area contributed by atoms with Crippen LogP contribution in [0.15, 0.2) is 87.3 Å². The summed E-state index contributed by atoms with van der Waals surface area (Å²) in [5.41, 5.74) is 2.38. The molecule has 0 atom stereocenters. The minimum Gasteiger partial charge on any atom is -0.504 e. The Morgan fingerprint density at radius 2 is 1.00 bits per heavy atom. The van der Waals surface area contributed by atoms with Crippen molar-refractivity contribution in [2.45, 2.75) is 25.7 Å². The van der Waals surface area contributed by atoms with Gasteiger partial charge in [0, 0.05) is 25.9 Å². The number of hydrogen-bond donors (Lipinski definition) is 6. The van der Waals surface area contributed by atoms with Crippen LogP contribution in [0, 0.1) is 0 Å². The van der Waals surface area contributed by atoms with Gasteiger partial charge in [0.25, 0.3) is 11.8 Å². The van der Waals surface area contributed by atoms with E-state index in [4.69, 9.17) is 9.47 Å². The summed E-state index contributed by atoms with van der Waals surface area (Å²) in [5.74, 6) is -0.538. The average Bonchev–Trinajstić information content (AvgIpc) is 3.08. The molecule has 266 valence electrons. The summed E-state index contributed by atoms with van der Waals surface area (Å²) < 4.78 is 14.5. The zero-order valence-electron chi connectivity index (χ0n) is 26.1. The number of carbonyl (C=O) groups excluding carboxylic acids is 2. The molecular weight excluding hydrogens is 992 g/mol. The summed E-state index contributed by atoms with van der Waals surface area (Å²) in [6.45, 7) is 0.415. The molecule has 0 fully saturated rings. The Hall–Kier alpha value is -3.64. The molecule has 0 spiro atoms. The maximum Gasteiger partial charge on any atom is 0.269 e. The zero-order valence-corrected chi connectivity index (χ0v) is 34.1. The molecule has 0 unspecified atom stereocenters. The molecule has 0 saturated carbocycles. The first-order valence-corrected chi connectivity index (χ1v) is 19.0. The van der Waals surface area contributed by atoms with Crippen LogP contribution in [-0.4, -0.2) is 57.0 Å². The Kier molecular flexibility index (Phi) is 13.1. The van der Waals surface area contributed by atoms with Gasteiger partial charge in [0.2, 0.25) is 0 Å².